The standard InChI is InChI=1S/C16H18F3NO3/c17-16(18,19)12-5-3-4-11(10-12)15(7-8-15)14(23)20-9-2-1-6-13(21)22/h3-5,10H,1-2,6-9H2,(H,20,23)(H,21,22). The summed E-state index contributed by atoms with van der Waals surface area (Å²) in [6, 6.07) is 4.89. The van der Waals surface area contributed by atoms with Crippen molar-refractivity contribution in [2.45, 2.75) is 43.7 Å². The third-order valence-electron chi connectivity index (χ3n) is 4.03. The van der Waals surface area contributed by atoms with Crippen LogP contribution >= 0.6 is 0 Å². The monoisotopic (exact) mass is 329 g/mol. The fourth-order valence-electron chi connectivity index (χ4n) is 2.54. The van der Waals surface area contributed by atoms with Crippen LogP contribution in [-0.4, -0.2) is 23.5 Å². The molecule has 126 valence electrons. The summed E-state index contributed by atoms with van der Waals surface area (Å²) in [5, 5.41) is 11.2. The highest BCUT2D eigenvalue weighted by molar-refractivity contribution is 5.91. The average Bonchev–Trinajstić information content (AvgIpc) is 3.27. The molecule has 2 N–H and O–H groups in total. The number of aliphatic carboxylic acids is 1. The number of amides is 1. The van der Waals surface area contributed by atoms with Gasteiger partial charge in [-0.15, -0.1) is 0 Å². The SMILES string of the molecule is O=C(O)CCCCNC(=O)C1(c2cccc(C(F)(F)F)c2)CC1. The summed E-state index contributed by atoms with van der Waals surface area (Å²) in [5.74, 6) is -1.17. The van der Waals surface area contributed by atoms with Crippen molar-refractivity contribution in [3.05, 3.63) is 35.4 Å². The van der Waals surface area contributed by atoms with Gasteiger partial charge in [0.2, 0.25) is 5.91 Å². The molecule has 0 bridgehead atoms. The van der Waals surface area contributed by atoms with Crippen LogP contribution in [-0.2, 0) is 21.2 Å². The highest BCUT2D eigenvalue weighted by Gasteiger charge is 2.51. The van der Waals surface area contributed by atoms with Crippen LogP contribution in [0.3, 0.4) is 0 Å². The van der Waals surface area contributed by atoms with Crippen molar-refractivity contribution in [1.29, 1.82) is 0 Å². The van der Waals surface area contributed by atoms with Gasteiger partial charge in [-0.25, -0.2) is 0 Å². The van der Waals surface area contributed by atoms with Crippen molar-refractivity contribution in [3.8, 4) is 0 Å². The zero-order valence-electron chi connectivity index (χ0n) is 12.4. The molecule has 0 unspecified atom stereocenters. The Morgan fingerprint density at radius 3 is 2.48 bits per heavy atom. The van der Waals surface area contributed by atoms with Gasteiger partial charge >= 0.3 is 12.1 Å². The fourth-order valence-corrected chi connectivity index (χ4v) is 2.54. The molecule has 2 rings (SSSR count). The molecule has 1 amide bonds. The van der Waals surface area contributed by atoms with Crippen LogP contribution in [0.1, 0.15) is 43.2 Å². The van der Waals surface area contributed by atoms with Crippen molar-refractivity contribution < 1.29 is 27.9 Å². The van der Waals surface area contributed by atoms with Gasteiger partial charge in [-0.05, 0) is 37.3 Å². The maximum atomic E-state index is 12.8. The summed E-state index contributed by atoms with van der Waals surface area (Å²) in [6.45, 7) is 0.326. The number of rotatable bonds is 7. The van der Waals surface area contributed by atoms with E-state index in [9.17, 15) is 22.8 Å². The minimum absolute atomic E-state index is 0.0364. The second-order valence-electron chi connectivity index (χ2n) is 5.77. The topological polar surface area (TPSA) is 66.4 Å². The number of alkyl halides is 3. The first-order valence-corrected chi connectivity index (χ1v) is 7.43. The largest absolute Gasteiger partial charge is 0.481 e. The number of halogens is 3. The molecule has 1 aromatic rings. The first-order chi connectivity index (χ1) is 10.8. The van der Waals surface area contributed by atoms with Gasteiger partial charge in [0.25, 0.3) is 0 Å². The Morgan fingerprint density at radius 1 is 1.22 bits per heavy atom. The molecule has 0 spiro atoms. The zero-order chi connectivity index (χ0) is 17.1. The predicted octanol–water partition coefficient (Wildman–Crippen LogP) is 3.11. The second-order valence-corrected chi connectivity index (χ2v) is 5.77. The number of carboxylic acids is 1. The Hall–Kier alpha value is -2.05. The quantitative estimate of drug-likeness (QED) is 0.756. The summed E-state index contributed by atoms with van der Waals surface area (Å²) < 4.78 is 38.3. The molecule has 0 heterocycles. The molecule has 0 atom stereocenters. The van der Waals surface area contributed by atoms with Crippen LogP contribution in [0, 0.1) is 0 Å². The van der Waals surface area contributed by atoms with E-state index >= 15 is 0 Å². The van der Waals surface area contributed by atoms with Crippen LogP contribution in [0.4, 0.5) is 13.2 Å². The van der Waals surface area contributed by atoms with Crippen molar-refractivity contribution in [2.75, 3.05) is 6.54 Å². The third-order valence-corrected chi connectivity index (χ3v) is 4.03. The lowest BCUT2D eigenvalue weighted by Crippen LogP contribution is -2.35. The summed E-state index contributed by atoms with van der Waals surface area (Å²) in [6.07, 6.45) is -2.37. The van der Waals surface area contributed by atoms with E-state index in [2.05, 4.69) is 5.32 Å². The van der Waals surface area contributed by atoms with Crippen LogP contribution in [0.2, 0.25) is 0 Å². The van der Waals surface area contributed by atoms with E-state index in [0.29, 0.717) is 37.8 Å². The van der Waals surface area contributed by atoms with Crippen LogP contribution < -0.4 is 5.32 Å². The number of unbranched alkanes of at least 4 members (excludes halogenated alkanes) is 1. The van der Waals surface area contributed by atoms with E-state index < -0.39 is 23.1 Å². The molecule has 0 aromatic heterocycles. The highest BCUT2D eigenvalue weighted by Crippen LogP contribution is 2.49. The molecule has 1 aromatic carbocycles. The van der Waals surface area contributed by atoms with E-state index in [0.717, 1.165) is 12.1 Å². The molecule has 7 heteroatoms. The molecule has 1 aliphatic carbocycles. The molecular weight excluding hydrogens is 311 g/mol. The Kier molecular flexibility index (Phi) is 4.97. The minimum Gasteiger partial charge on any atom is -0.481 e. The first-order valence-electron chi connectivity index (χ1n) is 7.43. The molecule has 23 heavy (non-hydrogen) atoms. The molecule has 0 aliphatic heterocycles. The number of hydrogen-bond donors (Lipinski definition) is 2. The Labute approximate surface area is 131 Å². The maximum Gasteiger partial charge on any atom is 0.416 e. The normalized spacial score (nSPS) is 16.0. The lowest BCUT2D eigenvalue weighted by Gasteiger charge is -2.17. The van der Waals surface area contributed by atoms with Gasteiger partial charge in [0.15, 0.2) is 0 Å². The van der Waals surface area contributed by atoms with Gasteiger partial charge in [-0.2, -0.15) is 13.2 Å². The first kappa shape index (κ1) is 17.3. The maximum absolute atomic E-state index is 12.8. The van der Waals surface area contributed by atoms with E-state index in [1.165, 1.54) is 6.07 Å². The van der Waals surface area contributed by atoms with Crippen LogP contribution in [0.25, 0.3) is 0 Å². The van der Waals surface area contributed by atoms with E-state index in [-0.39, 0.29) is 12.3 Å². The molecule has 1 saturated carbocycles. The fraction of sp³-hybridized carbons (Fsp3) is 0.500. The van der Waals surface area contributed by atoms with Crippen molar-refractivity contribution in [1.82, 2.24) is 5.32 Å². The predicted molar refractivity (Wildman–Crippen MR) is 76.9 cm³/mol. The molecule has 1 aliphatic rings. The lowest BCUT2D eigenvalue weighted by molar-refractivity contribution is -0.138. The van der Waals surface area contributed by atoms with E-state index in [4.69, 9.17) is 5.11 Å². The van der Waals surface area contributed by atoms with Crippen LogP contribution in [0.15, 0.2) is 24.3 Å². The number of carbonyl (C=O) groups is 2. The van der Waals surface area contributed by atoms with Crippen molar-refractivity contribution >= 4 is 11.9 Å². The summed E-state index contributed by atoms with van der Waals surface area (Å²) >= 11 is 0. The third kappa shape index (κ3) is 4.24. The smallest absolute Gasteiger partial charge is 0.416 e. The molecule has 0 saturated heterocycles. The van der Waals surface area contributed by atoms with Gasteiger partial charge in [0, 0.05) is 13.0 Å². The Morgan fingerprint density at radius 2 is 1.91 bits per heavy atom. The average molecular weight is 329 g/mol. The van der Waals surface area contributed by atoms with Crippen molar-refractivity contribution in [3.63, 3.8) is 0 Å². The number of benzene rings is 1. The molecule has 0 radical (unpaired) electrons. The van der Waals surface area contributed by atoms with Gasteiger partial charge < -0.3 is 10.4 Å². The summed E-state index contributed by atoms with van der Waals surface area (Å²) in [4.78, 5) is 22.7. The van der Waals surface area contributed by atoms with Gasteiger partial charge in [0.05, 0.1) is 11.0 Å². The van der Waals surface area contributed by atoms with Gasteiger partial charge in [-0.3, -0.25) is 9.59 Å². The summed E-state index contributed by atoms with van der Waals surface area (Å²) in [7, 11) is 0. The van der Waals surface area contributed by atoms with Gasteiger partial charge in [0.1, 0.15) is 0 Å². The Balaban J connectivity index is 1.96. The number of nitrogens with one attached hydrogen (secondary N) is 1. The number of hydrogen-bond acceptors (Lipinski definition) is 2. The minimum atomic E-state index is -4.43. The van der Waals surface area contributed by atoms with E-state index in [1.807, 2.05) is 0 Å². The second kappa shape index (κ2) is 6.60. The molecule has 1 fully saturated rings. The Bertz CT molecular complexity index is 594. The number of carbonyl (C=O) groups excluding carboxylic acids is 1. The summed E-state index contributed by atoms with van der Waals surface area (Å²) in [5.41, 5.74) is -1.24. The number of carboxylic acid groups (broad SMARTS) is 1. The van der Waals surface area contributed by atoms with E-state index in [1.54, 1.807) is 6.07 Å². The highest BCUT2D eigenvalue weighted by atomic mass is 19.4. The van der Waals surface area contributed by atoms with Gasteiger partial charge in [-0.1, -0.05) is 18.2 Å². The molecule has 4 nitrogen and oxygen atoms in total. The van der Waals surface area contributed by atoms with Crippen molar-refractivity contribution in [2.24, 2.45) is 0 Å². The zero-order valence-corrected chi connectivity index (χ0v) is 12.4. The van der Waals surface area contributed by atoms with Crippen LogP contribution in [0.5, 0.6) is 0 Å². The molecular formula is C16H18F3NO3. The lowest BCUT2D eigenvalue weighted by atomic mass is 9.93.